The fourth-order valence-electron chi connectivity index (χ4n) is 1.73. The van der Waals surface area contributed by atoms with E-state index < -0.39 is 12.5 Å². The summed E-state index contributed by atoms with van der Waals surface area (Å²) in [6.07, 6.45) is 7.34. The maximum Gasteiger partial charge on any atom is 0.323 e. The molecule has 5 heteroatoms. The van der Waals surface area contributed by atoms with Crippen molar-refractivity contribution in [2.24, 2.45) is 0 Å². The predicted octanol–water partition coefficient (Wildman–Crippen LogP) is 2.00. The van der Waals surface area contributed by atoms with E-state index in [1.165, 1.54) is 29.2 Å². The van der Waals surface area contributed by atoms with Gasteiger partial charge in [0.05, 0.1) is 0 Å². The van der Waals surface area contributed by atoms with Gasteiger partial charge in [0.15, 0.2) is 0 Å². The highest BCUT2D eigenvalue weighted by Crippen LogP contribution is 2.19. The topological polar surface area (TPSA) is 77.8 Å². The number of carbonyl (C=O) groups is 2. The van der Waals surface area contributed by atoms with E-state index in [9.17, 15) is 14.7 Å². The number of aromatic hydroxyl groups is 1. The lowest BCUT2D eigenvalue weighted by Crippen LogP contribution is -2.35. The number of benzene rings is 1. The van der Waals surface area contributed by atoms with Crippen molar-refractivity contribution in [2.45, 2.75) is 25.7 Å². The second kappa shape index (κ2) is 7.85. The fourth-order valence-corrected chi connectivity index (χ4v) is 1.73. The summed E-state index contributed by atoms with van der Waals surface area (Å²) in [5.41, 5.74) is 0.451. The van der Waals surface area contributed by atoms with Gasteiger partial charge in [0.25, 0.3) is 0 Å². The Morgan fingerprint density at radius 1 is 1.20 bits per heavy atom. The predicted molar refractivity (Wildman–Crippen MR) is 75.4 cm³/mol. The average Bonchev–Trinajstić information content (AvgIpc) is 2.42. The van der Waals surface area contributed by atoms with Crippen molar-refractivity contribution in [3.8, 4) is 18.1 Å². The van der Waals surface area contributed by atoms with Gasteiger partial charge in [-0.1, -0.05) is 0 Å². The molecule has 0 saturated carbocycles. The molecule has 1 rings (SSSR count). The highest BCUT2D eigenvalue weighted by Gasteiger charge is 2.18. The standard InChI is InChI=1S/C15H17NO4/c1-2-3-4-5-6-14(18)16(11-15(19)20)12-7-9-13(17)10-8-12/h1,7-10,17H,3-6,11H2,(H,19,20). The molecule has 20 heavy (non-hydrogen) atoms. The van der Waals surface area contributed by atoms with E-state index in [2.05, 4.69) is 5.92 Å². The van der Waals surface area contributed by atoms with Crippen molar-refractivity contribution in [1.82, 2.24) is 0 Å². The molecule has 0 spiro atoms. The molecule has 0 radical (unpaired) electrons. The second-order valence-corrected chi connectivity index (χ2v) is 4.30. The Morgan fingerprint density at radius 2 is 1.85 bits per heavy atom. The van der Waals surface area contributed by atoms with E-state index in [1.54, 1.807) is 0 Å². The number of amides is 1. The summed E-state index contributed by atoms with van der Waals surface area (Å²) in [5, 5.41) is 18.1. The van der Waals surface area contributed by atoms with Gasteiger partial charge in [-0.05, 0) is 37.1 Å². The molecule has 106 valence electrons. The van der Waals surface area contributed by atoms with Crippen molar-refractivity contribution in [3.63, 3.8) is 0 Å². The van der Waals surface area contributed by atoms with E-state index in [0.29, 0.717) is 18.5 Å². The van der Waals surface area contributed by atoms with Crippen LogP contribution in [0.4, 0.5) is 5.69 Å². The molecule has 0 aromatic heterocycles. The first-order chi connectivity index (χ1) is 9.54. The van der Waals surface area contributed by atoms with Crippen molar-refractivity contribution in [3.05, 3.63) is 24.3 Å². The lowest BCUT2D eigenvalue weighted by Gasteiger charge is -2.21. The monoisotopic (exact) mass is 275 g/mol. The smallest absolute Gasteiger partial charge is 0.323 e. The molecule has 0 aliphatic heterocycles. The van der Waals surface area contributed by atoms with Gasteiger partial charge in [0, 0.05) is 18.5 Å². The number of carboxylic acid groups (broad SMARTS) is 1. The Hall–Kier alpha value is -2.48. The van der Waals surface area contributed by atoms with Gasteiger partial charge in [-0.25, -0.2) is 0 Å². The molecule has 0 saturated heterocycles. The number of hydrogen-bond acceptors (Lipinski definition) is 3. The number of terminal acetylenes is 1. The molecule has 0 atom stereocenters. The first-order valence-electron chi connectivity index (χ1n) is 6.29. The van der Waals surface area contributed by atoms with Crippen LogP contribution >= 0.6 is 0 Å². The van der Waals surface area contributed by atoms with Gasteiger partial charge >= 0.3 is 5.97 Å². The van der Waals surface area contributed by atoms with Crippen LogP contribution in [0.25, 0.3) is 0 Å². The van der Waals surface area contributed by atoms with Crippen molar-refractivity contribution < 1.29 is 19.8 Å². The number of carbonyl (C=O) groups excluding carboxylic acids is 1. The summed E-state index contributed by atoms with van der Waals surface area (Å²) in [6, 6.07) is 5.85. The summed E-state index contributed by atoms with van der Waals surface area (Å²) in [7, 11) is 0. The Kier molecular flexibility index (Phi) is 6.11. The quantitative estimate of drug-likeness (QED) is 0.589. The Bertz CT molecular complexity index is 502. The Balaban J connectivity index is 2.73. The normalized spacial score (nSPS) is 9.75. The van der Waals surface area contributed by atoms with Crippen LogP contribution in [0.5, 0.6) is 5.75 Å². The van der Waals surface area contributed by atoms with E-state index in [4.69, 9.17) is 11.5 Å². The summed E-state index contributed by atoms with van der Waals surface area (Å²) in [5.74, 6) is 1.20. The Labute approximate surface area is 117 Å². The molecule has 0 fully saturated rings. The van der Waals surface area contributed by atoms with E-state index in [0.717, 1.165) is 6.42 Å². The fraction of sp³-hybridized carbons (Fsp3) is 0.333. The van der Waals surface area contributed by atoms with Crippen LogP contribution in [-0.2, 0) is 9.59 Å². The first-order valence-corrected chi connectivity index (χ1v) is 6.29. The first kappa shape index (κ1) is 15.6. The van der Waals surface area contributed by atoms with Crippen LogP contribution in [0, 0.1) is 12.3 Å². The molecule has 2 N–H and O–H groups in total. The largest absolute Gasteiger partial charge is 0.508 e. The van der Waals surface area contributed by atoms with Crippen molar-refractivity contribution in [1.29, 1.82) is 0 Å². The van der Waals surface area contributed by atoms with Gasteiger partial charge in [-0.15, -0.1) is 12.3 Å². The average molecular weight is 275 g/mol. The number of phenolic OH excluding ortho intramolecular Hbond substituents is 1. The molecule has 0 aliphatic carbocycles. The number of unbranched alkanes of at least 4 members (excludes halogenated alkanes) is 2. The van der Waals surface area contributed by atoms with Crippen LogP contribution in [0.1, 0.15) is 25.7 Å². The number of anilines is 1. The van der Waals surface area contributed by atoms with Crippen LogP contribution in [-0.4, -0.2) is 28.6 Å². The second-order valence-electron chi connectivity index (χ2n) is 4.30. The minimum Gasteiger partial charge on any atom is -0.508 e. The van der Waals surface area contributed by atoms with Crippen LogP contribution < -0.4 is 4.90 Å². The summed E-state index contributed by atoms with van der Waals surface area (Å²) < 4.78 is 0. The molecule has 0 aliphatic rings. The highest BCUT2D eigenvalue weighted by molar-refractivity contribution is 5.97. The zero-order valence-electron chi connectivity index (χ0n) is 11.1. The highest BCUT2D eigenvalue weighted by atomic mass is 16.4. The van der Waals surface area contributed by atoms with Gasteiger partial charge in [0.2, 0.25) is 5.91 Å². The number of carboxylic acids is 1. The maximum absolute atomic E-state index is 12.1. The molecule has 0 unspecified atom stereocenters. The molecule has 1 amide bonds. The summed E-state index contributed by atoms with van der Waals surface area (Å²) >= 11 is 0. The minimum absolute atomic E-state index is 0.0606. The molecule has 0 bridgehead atoms. The van der Waals surface area contributed by atoms with E-state index in [1.807, 2.05) is 0 Å². The number of phenols is 1. The number of hydrogen-bond donors (Lipinski definition) is 2. The molecule has 1 aromatic carbocycles. The molecule has 1 aromatic rings. The zero-order valence-corrected chi connectivity index (χ0v) is 11.1. The van der Waals surface area contributed by atoms with E-state index in [-0.39, 0.29) is 18.1 Å². The van der Waals surface area contributed by atoms with E-state index >= 15 is 0 Å². The zero-order chi connectivity index (χ0) is 15.0. The van der Waals surface area contributed by atoms with Crippen LogP contribution in [0.2, 0.25) is 0 Å². The van der Waals surface area contributed by atoms with Gasteiger partial charge in [-0.2, -0.15) is 0 Å². The Morgan fingerprint density at radius 3 is 2.40 bits per heavy atom. The molecule has 5 nitrogen and oxygen atoms in total. The van der Waals surface area contributed by atoms with Gasteiger partial charge in [-0.3, -0.25) is 9.59 Å². The third-order valence-electron chi connectivity index (χ3n) is 2.72. The third kappa shape index (κ3) is 5.02. The molecular formula is C15H17NO4. The number of aliphatic carboxylic acids is 1. The van der Waals surface area contributed by atoms with Gasteiger partial charge < -0.3 is 15.1 Å². The van der Waals surface area contributed by atoms with Crippen molar-refractivity contribution >= 4 is 17.6 Å². The lowest BCUT2D eigenvalue weighted by atomic mass is 10.1. The number of rotatable bonds is 7. The summed E-state index contributed by atoms with van der Waals surface area (Å²) in [4.78, 5) is 24.1. The summed E-state index contributed by atoms with van der Waals surface area (Å²) in [6.45, 7) is -0.404. The SMILES string of the molecule is C#CCCCCC(=O)N(CC(=O)O)c1ccc(O)cc1. The molecule has 0 heterocycles. The molecular weight excluding hydrogens is 258 g/mol. The van der Waals surface area contributed by atoms with Crippen LogP contribution in [0.15, 0.2) is 24.3 Å². The van der Waals surface area contributed by atoms with Gasteiger partial charge in [0.1, 0.15) is 12.3 Å². The van der Waals surface area contributed by atoms with Crippen molar-refractivity contribution in [2.75, 3.05) is 11.4 Å². The third-order valence-corrected chi connectivity index (χ3v) is 2.72. The maximum atomic E-state index is 12.1. The number of nitrogens with zero attached hydrogens (tertiary/aromatic N) is 1. The minimum atomic E-state index is -1.09. The van der Waals surface area contributed by atoms with Crippen LogP contribution in [0.3, 0.4) is 0 Å². The lowest BCUT2D eigenvalue weighted by molar-refractivity contribution is -0.136.